The Balaban J connectivity index is 3.15. The molecule has 0 unspecified atom stereocenters. The summed E-state index contributed by atoms with van der Waals surface area (Å²) in [5.74, 6) is -1.78. The van der Waals surface area contributed by atoms with Crippen LogP contribution in [-0.4, -0.2) is 37.4 Å². The minimum atomic E-state index is -5.05. The summed E-state index contributed by atoms with van der Waals surface area (Å²) in [6.07, 6.45) is -10.1. The van der Waals surface area contributed by atoms with Gasteiger partial charge in [-0.2, -0.15) is 26.3 Å². The van der Waals surface area contributed by atoms with Crippen LogP contribution in [0.5, 0.6) is 0 Å². The number of carbonyl (C=O) groups excluding carboxylic acids is 2. The van der Waals surface area contributed by atoms with Crippen LogP contribution in [0, 0.1) is 0 Å². The van der Waals surface area contributed by atoms with Gasteiger partial charge in [-0.25, -0.2) is 0 Å². The Morgan fingerprint density at radius 2 is 1.39 bits per heavy atom. The minimum absolute atomic E-state index is 0.0816. The molecule has 1 aromatic rings. The van der Waals surface area contributed by atoms with Gasteiger partial charge in [0, 0.05) is 19.7 Å². The average molecular weight is 342 g/mol. The number of amides is 2. The quantitative estimate of drug-likeness (QED) is 0.859. The normalized spacial score (nSPS) is 12.0. The molecule has 1 rings (SSSR count). The topological polar surface area (TPSA) is 49.4 Å². The van der Waals surface area contributed by atoms with E-state index >= 15 is 0 Å². The van der Waals surface area contributed by atoms with E-state index in [2.05, 4.69) is 0 Å². The maximum absolute atomic E-state index is 12.7. The molecule has 0 spiro atoms. The molecule has 0 saturated carbocycles. The second kappa shape index (κ2) is 6.47. The third-order valence-corrected chi connectivity index (χ3v) is 2.75. The third kappa shape index (κ3) is 5.15. The number of nitrogens with one attached hydrogen (secondary N) is 1. The van der Waals surface area contributed by atoms with Gasteiger partial charge in [-0.15, -0.1) is 0 Å². The van der Waals surface area contributed by atoms with E-state index in [4.69, 9.17) is 0 Å². The van der Waals surface area contributed by atoms with Crippen LogP contribution in [0.15, 0.2) is 18.2 Å². The molecular weight excluding hydrogens is 330 g/mol. The van der Waals surface area contributed by atoms with Gasteiger partial charge in [-0.3, -0.25) is 9.59 Å². The van der Waals surface area contributed by atoms with Crippen molar-refractivity contribution in [3.8, 4) is 0 Å². The Bertz CT molecular complexity index is 575. The summed E-state index contributed by atoms with van der Waals surface area (Å²) in [5, 5.41) is 1.97. The first-order valence-electron chi connectivity index (χ1n) is 6.10. The van der Waals surface area contributed by atoms with Crippen LogP contribution in [0.1, 0.15) is 21.5 Å². The zero-order valence-corrected chi connectivity index (χ0v) is 12.0. The lowest BCUT2D eigenvalue weighted by Gasteiger charge is -2.15. The Morgan fingerprint density at radius 1 is 0.957 bits per heavy atom. The smallest absolute Gasteiger partial charge is 0.347 e. The number of alkyl halides is 6. The van der Waals surface area contributed by atoms with E-state index in [-0.39, 0.29) is 6.07 Å². The molecule has 0 saturated heterocycles. The fraction of sp³-hybridized carbons (Fsp3) is 0.385. The van der Waals surface area contributed by atoms with E-state index in [0.717, 1.165) is 4.90 Å². The van der Waals surface area contributed by atoms with Gasteiger partial charge >= 0.3 is 12.4 Å². The summed E-state index contributed by atoms with van der Waals surface area (Å²) >= 11 is 0. The molecule has 0 fully saturated rings. The summed E-state index contributed by atoms with van der Waals surface area (Å²) < 4.78 is 76.0. The van der Waals surface area contributed by atoms with Gasteiger partial charge in [-0.1, -0.05) is 0 Å². The maximum Gasteiger partial charge on any atom is 0.416 e. The fourth-order valence-corrected chi connectivity index (χ4v) is 1.50. The summed E-state index contributed by atoms with van der Waals surface area (Å²) in [6.45, 7) is -0.552. The highest BCUT2D eigenvalue weighted by atomic mass is 19.4. The zero-order chi connectivity index (χ0) is 18.0. The second-order valence-corrected chi connectivity index (χ2v) is 4.77. The highest BCUT2D eigenvalue weighted by Crippen LogP contribution is 2.36. The van der Waals surface area contributed by atoms with Crippen LogP contribution in [0.2, 0.25) is 0 Å². The van der Waals surface area contributed by atoms with Crippen LogP contribution >= 0.6 is 0 Å². The first-order chi connectivity index (χ1) is 10.3. The van der Waals surface area contributed by atoms with Crippen molar-refractivity contribution in [2.24, 2.45) is 0 Å². The first kappa shape index (κ1) is 18.8. The molecule has 0 aliphatic carbocycles. The number of hydrogen-bond acceptors (Lipinski definition) is 2. The summed E-state index contributed by atoms with van der Waals surface area (Å²) in [6, 6.07) is 0.511. The highest BCUT2D eigenvalue weighted by Gasteiger charge is 2.37. The van der Waals surface area contributed by atoms with Gasteiger partial charge in [0.1, 0.15) is 0 Å². The molecule has 4 nitrogen and oxygen atoms in total. The molecule has 0 atom stereocenters. The van der Waals surface area contributed by atoms with Gasteiger partial charge < -0.3 is 10.2 Å². The predicted octanol–water partition coefficient (Wildman–Crippen LogP) is 2.54. The number of rotatable bonds is 3. The molecule has 0 aliphatic rings. The third-order valence-electron chi connectivity index (χ3n) is 2.75. The molecule has 0 radical (unpaired) electrons. The number of nitrogens with zero attached hydrogens (tertiary/aromatic N) is 1. The van der Waals surface area contributed by atoms with Crippen LogP contribution in [0.3, 0.4) is 0 Å². The first-order valence-corrected chi connectivity index (χ1v) is 6.10. The van der Waals surface area contributed by atoms with Crippen molar-refractivity contribution in [3.63, 3.8) is 0 Å². The predicted molar refractivity (Wildman–Crippen MR) is 67.5 cm³/mol. The summed E-state index contributed by atoms with van der Waals surface area (Å²) in [7, 11) is 2.75. The molecule has 2 amide bonds. The van der Waals surface area contributed by atoms with Gasteiger partial charge in [0.05, 0.1) is 17.7 Å². The van der Waals surface area contributed by atoms with Crippen molar-refractivity contribution in [2.45, 2.75) is 12.4 Å². The Hall–Kier alpha value is -2.26. The molecule has 128 valence electrons. The van der Waals surface area contributed by atoms with Crippen LogP contribution in [0.25, 0.3) is 0 Å². The van der Waals surface area contributed by atoms with Gasteiger partial charge in [0.15, 0.2) is 0 Å². The molecule has 1 aromatic carbocycles. The average Bonchev–Trinajstić information content (AvgIpc) is 2.41. The number of benzene rings is 1. The van der Waals surface area contributed by atoms with Crippen molar-refractivity contribution in [1.82, 2.24) is 10.2 Å². The van der Waals surface area contributed by atoms with Gasteiger partial charge in [0.2, 0.25) is 5.91 Å². The van der Waals surface area contributed by atoms with Crippen molar-refractivity contribution in [1.29, 1.82) is 0 Å². The largest absolute Gasteiger partial charge is 0.416 e. The molecule has 0 aliphatic heterocycles. The van der Waals surface area contributed by atoms with Crippen LogP contribution in [0.4, 0.5) is 26.3 Å². The lowest BCUT2D eigenvalue weighted by Crippen LogP contribution is -2.36. The monoisotopic (exact) mass is 342 g/mol. The van der Waals surface area contributed by atoms with Crippen LogP contribution < -0.4 is 5.32 Å². The molecule has 0 bridgehead atoms. The summed E-state index contributed by atoms with van der Waals surface area (Å²) in [5.41, 5.74) is -4.04. The minimum Gasteiger partial charge on any atom is -0.347 e. The van der Waals surface area contributed by atoms with E-state index in [1.54, 1.807) is 0 Å². The molecular formula is C13H12F6N2O2. The number of carbonyl (C=O) groups is 2. The lowest BCUT2D eigenvalue weighted by atomic mass is 10.0. The highest BCUT2D eigenvalue weighted by molar-refractivity contribution is 5.96. The summed E-state index contributed by atoms with van der Waals surface area (Å²) in [4.78, 5) is 24.1. The Kier molecular flexibility index (Phi) is 5.28. The molecule has 23 heavy (non-hydrogen) atoms. The van der Waals surface area contributed by atoms with E-state index < -0.39 is 47.4 Å². The Labute approximate surface area is 127 Å². The SMILES string of the molecule is CN(C)C(=O)CNC(=O)c1cc(C(F)(F)F)cc(C(F)(F)F)c1. The van der Waals surface area contributed by atoms with Gasteiger partial charge in [-0.05, 0) is 18.2 Å². The second-order valence-electron chi connectivity index (χ2n) is 4.77. The maximum atomic E-state index is 12.7. The van der Waals surface area contributed by atoms with Crippen molar-refractivity contribution in [2.75, 3.05) is 20.6 Å². The number of likely N-dealkylation sites (N-methyl/N-ethyl adjacent to an activating group) is 1. The van der Waals surface area contributed by atoms with E-state index in [9.17, 15) is 35.9 Å². The lowest BCUT2D eigenvalue weighted by molar-refractivity contribution is -0.143. The van der Waals surface area contributed by atoms with Crippen molar-refractivity contribution >= 4 is 11.8 Å². The Morgan fingerprint density at radius 3 is 1.74 bits per heavy atom. The molecule has 10 heteroatoms. The zero-order valence-electron chi connectivity index (χ0n) is 12.0. The van der Waals surface area contributed by atoms with Crippen LogP contribution in [-0.2, 0) is 17.1 Å². The number of halogens is 6. The standard InChI is InChI=1S/C13H12F6N2O2/c1-21(2)10(22)6-20-11(23)7-3-8(12(14,15)16)5-9(4-7)13(17,18)19/h3-5H,6H2,1-2H3,(H,20,23). The van der Waals surface area contributed by atoms with Crippen molar-refractivity contribution in [3.05, 3.63) is 34.9 Å². The van der Waals surface area contributed by atoms with Crippen molar-refractivity contribution < 1.29 is 35.9 Å². The molecule has 0 heterocycles. The fourth-order valence-electron chi connectivity index (χ4n) is 1.50. The van der Waals surface area contributed by atoms with Gasteiger partial charge in [0.25, 0.3) is 5.91 Å². The number of hydrogen-bond donors (Lipinski definition) is 1. The van der Waals surface area contributed by atoms with E-state index in [0.29, 0.717) is 12.1 Å². The van der Waals surface area contributed by atoms with E-state index in [1.165, 1.54) is 14.1 Å². The van der Waals surface area contributed by atoms with E-state index in [1.807, 2.05) is 5.32 Å². The molecule has 1 N–H and O–H groups in total. The molecule has 0 aromatic heterocycles.